The van der Waals surface area contributed by atoms with Gasteiger partial charge < -0.3 is 4.90 Å². The Balaban J connectivity index is 2.11. The van der Waals surface area contributed by atoms with Gasteiger partial charge >= 0.3 is 0 Å². The lowest BCUT2D eigenvalue weighted by atomic mass is 10.1. The Bertz CT molecular complexity index is 410. The highest BCUT2D eigenvalue weighted by Crippen LogP contribution is 2.32. The summed E-state index contributed by atoms with van der Waals surface area (Å²) in [5.41, 5.74) is 0.991. The predicted octanol–water partition coefficient (Wildman–Crippen LogP) is 3.66. The van der Waals surface area contributed by atoms with Crippen LogP contribution in [0.25, 0.3) is 0 Å². The fraction of sp³-hybridized carbons (Fsp3) is 0.615. The number of carbonyl (C=O) groups excluding carboxylic acids is 1. The summed E-state index contributed by atoms with van der Waals surface area (Å²) in [4.78, 5) is 16.5. The molecule has 1 aromatic rings. The van der Waals surface area contributed by atoms with Crippen LogP contribution in [0.15, 0.2) is 6.07 Å². The van der Waals surface area contributed by atoms with Crippen molar-refractivity contribution in [3.05, 3.63) is 21.4 Å². The fourth-order valence-corrected chi connectivity index (χ4v) is 3.70. The van der Waals surface area contributed by atoms with Gasteiger partial charge in [-0.2, -0.15) is 0 Å². The number of halogens is 1. The maximum atomic E-state index is 12.3. The Labute approximate surface area is 112 Å². The van der Waals surface area contributed by atoms with Crippen molar-refractivity contribution < 1.29 is 4.79 Å². The third-order valence-corrected chi connectivity index (χ3v) is 4.64. The smallest absolute Gasteiger partial charge is 0.245 e. The zero-order valence-electron chi connectivity index (χ0n) is 10.3. The van der Waals surface area contributed by atoms with E-state index in [-0.39, 0.29) is 5.91 Å². The van der Waals surface area contributed by atoms with Gasteiger partial charge in [0.05, 0.1) is 0 Å². The zero-order chi connectivity index (χ0) is 12.4. The second-order valence-electron chi connectivity index (χ2n) is 4.62. The molecule has 1 aliphatic heterocycles. The molecule has 4 heteroatoms. The van der Waals surface area contributed by atoms with Gasteiger partial charge in [0.15, 0.2) is 0 Å². The van der Waals surface area contributed by atoms with Crippen LogP contribution in [0.5, 0.6) is 0 Å². The molecule has 1 unspecified atom stereocenters. The molecule has 2 rings (SSSR count). The molecule has 2 heterocycles. The molecule has 1 aliphatic rings. The fourth-order valence-electron chi connectivity index (χ4n) is 2.31. The molecule has 1 amide bonds. The molecule has 1 saturated heterocycles. The Morgan fingerprint density at radius 1 is 1.35 bits per heavy atom. The normalized spacial score (nSPS) is 18.2. The average Bonchev–Trinajstić information content (AvgIpc) is 2.68. The number of nitrogens with zero attached hydrogens (tertiary/aromatic N) is 1. The molecule has 2 nitrogen and oxygen atoms in total. The minimum atomic E-state index is -0.502. The second-order valence-corrected chi connectivity index (χ2v) is 6.51. The van der Waals surface area contributed by atoms with Crippen molar-refractivity contribution in [2.45, 2.75) is 38.5 Å². The Hall–Kier alpha value is -0.540. The third-order valence-electron chi connectivity index (χ3n) is 3.24. The topological polar surface area (TPSA) is 20.3 Å². The van der Waals surface area contributed by atoms with Crippen LogP contribution in [-0.4, -0.2) is 23.9 Å². The van der Waals surface area contributed by atoms with E-state index in [1.54, 1.807) is 11.3 Å². The van der Waals surface area contributed by atoms with E-state index >= 15 is 0 Å². The molecule has 0 radical (unpaired) electrons. The van der Waals surface area contributed by atoms with Gasteiger partial charge in [0.1, 0.15) is 5.38 Å². The summed E-state index contributed by atoms with van der Waals surface area (Å²) in [5.74, 6) is 0.0762. The van der Waals surface area contributed by atoms with E-state index in [2.05, 4.69) is 6.92 Å². The van der Waals surface area contributed by atoms with Crippen LogP contribution in [-0.2, 0) is 4.79 Å². The molecule has 0 aromatic carbocycles. The van der Waals surface area contributed by atoms with Gasteiger partial charge in [-0.15, -0.1) is 22.9 Å². The molecule has 0 bridgehead atoms. The summed E-state index contributed by atoms with van der Waals surface area (Å²) < 4.78 is 0. The van der Waals surface area contributed by atoms with Crippen LogP contribution < -0.4 is 0 Å². The van der Waals surface area contributed by atoms with Crippen LogP contribution in [0.2, 0.25) is 0 Å². The summed E-state index contributed by atoms with van der Waals surface area (Å²) >= 11 is 8.03. The number of alkyl halides is 1. The number of likely N-dealkylation sites (tertiary alicyclic amines) is 1. The number of amides is 1. The van der Waals surface area contributed by atoms with E-state index in [4.69, 9.17) is 11.6 Å². The first-order valence-corrected chi connectivity index (χ1v) is 7.34. The van der Waals surface area contributed by atoms with Crippen LogP contribution in [0.4, 0.5) is 0 Å². The summed E-state index contributed by atoms with van der Waals surface area (Å²) in [6.45, 7) is 5.82. The van der Waals surface area contributed by atoms with E-state index in [0.29, 0.717) is 0 Å². The molecule has 0 saturated carbocycles. The average molecular weight is 272 g/mol. The van der Waals surface area contributed by atoms with Gasteiger partial charge in [0.25, 0.3) is 0 Å². The van der Waals surface area contributed by atoms with Gasteiger partial charge in [0.2, 0.25) is 5.91 Å². The van der Waals surface area contributed by atoms with Crippen LogP contribution >= 0.6 is 22.9 Å². The molecule has 1 aromatic heterocycles. The van der Waals surface area contributed by atoms with Crippen LogP contribution in [0.3, 0.4) is 0 Å². The lowest BCUT2D eigenvalue weighted by Crippen LogP contribution is -2.37. The van der Waals surface area contributed by atoms with Crippen LogP contribution in [0.1, 0.15) is 40.0 Å². The lowest BCUT2D eigenvalue weighted by molar-refractivity contribution is -0.131. The summed E-state index contributed by atoms with van der Waals surface area (Å²) in [7, 11) is 0. The minimum absolute atomic E-state index is 0.0762. The van der Waals surface area contributed by atoms with Crippen molar-refractivity contribution in [3.63, 3.8) is 0 Å². The van der Waals surface area contributed by atoms with Gasteiger partial charge in [0, 0.05) is 22.8 Å². The minimum Gasteiger partial charge on any atom is -0.341 e. The number of hydrogen-bond donors (Lipinski definition) is 0. The van der Waals surface area contributed by atoms with Crippen molar-refractivity contribution >= 4 is 28.8 Å². The quantitative estimate of drug-likeness (QED) is 0.752. The predicted molar refractivity (Wildman–Crippen MR) is 72.8 cm³/mol. The number of piperidine rings is 1. The Morgan fingerprint density at radius 2 is 2.00 bits per heavy atom. The Kier molecular flexibility index (Phi) is 4.10. The van der Waals surface area contributed by atoms with E-state index in [1.807, 2.05) is 17.9 Å². The summed E-state index contributed by atoms with van der Waals surface area (Å²) in [5, 5.41) is -0.502. The first-order valence-electron chi connectivity index (χ1n) is 6.09. The molecule has 94 valence electrons. The molecular weight excluding hydrogens is 254 g/mol. The number of hydrogen-bond acceptors (Lipinski definition) is 2. The second kappa shape index (κ2) is 5.40. The number of carbonyl (C=O) groups is 1. The van der Waals surface area contributed by atoms with Gasteiger partial charge in [-0.3, -0.25) is 4.79 Å². The zero-order valence-corrected chi connectivity index (χ0v) is 11.9. The van der Waals surface area contributed by atoms with E-state index in [9.17, 15) is 4.79 Å². The third kappa shape index (κ3) is 2.83. The van der Waals surface area contributed by atoms with Crippen molar-refractivity contribution in [3.8, 4) is 0 Å². The summed E-state index contributed by atoms with van der Waals surface area (Å²) in [6.07, 6.45) is 3.45. The van der Waals surface area contributed by atoms with Gasteiger partial charge in [-0.05, 0) is 44.7 Å². The first kappa shape index (κ1) is 12.9. The summed E-state index contributed by atoms with van der Waals surface area (Å²) in [6, 6.07) is 2.04. The molecule has 17 heavy (non-hydrogen) atoms. The molecular formula is C13H18ClNOS. The van der Waals surface area contributed by atoms with Crippen molar-refractivity contribution in [2.24, 2.45) is 0 Å². The lowest BCUT2D eigenvalue weighted by Gasteiger charge is -2.28. The maximum absolute atomic E-state index is 12.3. The highest BCUT2D eigenvalue weighted by Gasteiger charge is 2.26. The van der Waals surface area contributed by atoms with E-state index in [0.717, 1.165) is 36.4 Å². The SMILES string of the molecule is Cc1cc(C(Cl)C(=O)N2CCCCC2)c(C)s1. The molecule has 1 atom stereocenters. The molecule has 0 N–H and O–H groups in total. The highest BCUT2D eigenvalue weighted by atomic mass is 35.5. The number of thiophene rings is 1. The first-order chi connectivity index (χ1) is 8.09. The largest absolute Gasteiger partial charge is 0.341 e. The van der Waals surface area contributed by atoms with Crippen LogP contribution in [0, 0.1) is 13.8 Å². The van der Waals surface area contributed by atoms with Gasteiger partial charge in [-0.25, -0.2) is 0 Å². The van der Waals surface area contributed by atoms with E-state index in [1.165, 1.54) is 11.3 Å². The molecule has 1 fully saturated rings. The highest BCUT2D eigenvalue weighted by molar-refractivity contribution is 7.12. The number of rotatable bonds is 2. The standard InChI is InChI=1S/C13H18ClNOS/c1-9-8-11(10(2)17-9)12(14)13(16)15-6-4-3-5-7-15/h8,12H,3-7H2,1-2H3. The molecule has 0 aliphatic carbocycles. The van der Waals surface area contributed by atoms with Crippen molar-refractivity contribution in [2.75, 3.05) is 13.1 Å². The van der Waals surface area contributed by atoms with Crippen molar-refractivity contribution in [1.82, 2.24) is 4.90 Å². The Morgan fingerprint density at radius 3 is 2.53 bits per heavy atom. The van der Waals surface area contributed by atoms with Crippen molar-refractivity contribution in [1.29, 1.82) is 0 Å². The monoisotopic (exact) mass is 271 g/mol. The maximum Gasteiger partial charge on any atom is 0.245 e. The number of aryl methyl sites for hydroxylation is 2. The van der Waals surface area contributed by atoms with Gasteiger partial charge in [-0.1, -0.05) is 0 Å². The van der Waals surface area contributed by atoms with E-state index < -0.39 is 5.38 Å². The molecule has 0 spiro atoms.